The van der Waals surface area contributed by atoms with E-state index >= 15 is 0 Å². The summed E-state index contributed by atoms with van der Waals surface area (Å²) in [5, 5.41) is 4.33. The lowest BCUT2D eigenvalue weighted by molar-refractivity contribution is 0.0578. The minimum Gasteiger partial charge on any atom is -0.331 e. The molecule has 2 saturated carbocycles. The highest BCUT2D eigenvalue weighted by Crippen LogP contribution is 2.36. The second kappa shape index (κ2) is 7.49. The predicted octanol–water partition coefficient (Wildman–Crippen LogP) is 3.23. The normalized spacial score (nSPS) is 23.9. The Labute approximate surface area is 144 Å². The number of aromatic nitrogens is 2. The minimum atomic E-state index is -0.130. The molecule has 0 N–H and O–H groups in total. The van der Waals surface area contributed by atoms with Gasteiger partial charge < -0.3 is 4.90 Å². The summed E-state index contributed by atoms with van der Waals surface area (Å²) >= 11 is 0. The number of rotatable bonds is 6. The van der Waals surface area contributed by atoms with Gasteiger partial charge in [0.1, 0.15) is 5.69 Å². The van der Waals surface area contributed by atoms with Crippen LogP contribution >= 0.6 is 0 Å². The number of hydrogen-bond acceptors (Lipinski definition) is 3. The third-order valence-electron chi connectivity index (χ3n) is 5.48. The Morgan fingerprint density at radius 2 is 1.75 bits per heavy atom. The fourth-order valence-corrected chi connectivity index (χ4v) is 3.88. The lowest BCUT2D eigenvalue weighted by atomic mass is 9.83. The monoisotopic (exact) mass is 331 g/mol. The lowest BCUT2D eigenvalue weighted by Gasteiger charge is -2.37. The van der Waals surface area contributed by atoms with Crippen LogP contribution in [0.4, 0.5) is 0 Å². The first-order valence-electron chi connectivity index (χ1n) is 9.54. The molecule has 1 amide bonds. The SMILES string of the molecule is CCCn1nc(C(=O)N(C2CCC(CC)CC2)C2CC2)ccc1=O. The van der Waals surface area contributed by atoms with Gasteiger partial charge in [-0.15, -0.1) is 0 Å². The molecule has 1 aromatic rings. The maximum atomic E-state index is 13.1. The fraction of sp³-hybridized carbons (Fsp3) is 0.737. The number of carbonyl (C=O) groups is 1. The molecule has 2 fully saturated rings. The van der Waals surface area contributed by atoms with Gasteiger partial charge in [-0.25, -0.2) is 4.68 Å². The van der Waals surface area contributed by atoms with E-state index in [1.165, 1.54) is 30.0 Å². The lowest BCUT2D eigenvalue weighted by Crippen LogP contribution is -2.44. The van der Waals surface area contributed by atoms with Crippen LogP contribution in [0.3, 0.4) is 0 Å². The molecule has 1 heterocycles. The van der Waals surface area contributed by atoms with Crippen LogP contribution in [-0.4, -0.2) is 32.7 Å². The number of hydrogen-bond donors (Lipinski definition) is 0. The van der Waals surface area contributed by atoms with Crippen LogP contribution in [0, 0.1) is 5.92 Å². The van der Waals surface area contributed by atoms with Crippen molar-refractivity contribution in [2.75, 3.05) is 0 Å². The third-order valence-corrected chi connectivity index (χ3v) is 5.48. The maximum Gasteiger partial charge on any atom is 0.274 e. The van der Waals surface area contributed by atoms with E-state index in [9.17, 15) is 9.59 Å². The number of nitrogens with zero attached hydrogens (tertiary/aromatic N) is 3. The molecule has 0 aliphatic heterocycles. The summed E-state index contributed by atoms with van der Waals surface area (Å²) in [5.41, 5.74) is 0.294. The molecule has 132 valence electrons. The van der Waals surface area contributed by atoms with Gasteiger partial charge in [-0.05, 0) is 56.9 Å². The Morgan fingerprint density at radius 1 is 1.12 bits per heavy atom. The van der Waals surface area contributed by atoms with E-state index in [1.54, 1.807) is 6.07 Å². The predicted molar refractivity (Wildman–Crippen MR) is 94.0 cm³/mol. The summed E-state index contributed by atoms with van der Waals surface area (Å²) in [6, 6.07) is 3.81. The quantitative estimate of drug-likeness (QED) is 0.804. The Bertz CT molecular complexity index is 628. The highest BCUT2D eigenvalue weighted by Gasteiger charge is 2.39. The summed E-state index contributed by atoms with van der Waals surface area (Å²) in [5.74, 6) is 0.837. The minimum absolute atomic E-state index is 0.0160. The van der Waals surface area contributed by atoms with E-state index in [4.69, 9.17) is 0 Å². The first kappa shape index (κ1) is 17.2. The van der Waals surface area contributed by atoms with Crippen LogP contribution < -0.4 is 5.56 Å². The van der Waals surface area contributed by atoms with Gasteiger partial charge in [-0.3, -0.25) is 9.59 Å². The second-order valence-electron chi connectivity index (χ2n) is 7.31. The molecule has 0 unspecified atom stereocenters. The zero-order valence-corrected chi connectivity index (χ0v) is 14.9. The van der Waals surface area contributed by atoms with E-state index in [2.05, 4.69) is 16.9 Å². The molecule has 2 aliphatic carbocycles. The zero-order chi connectivity index (χ0) is 17.1. The average molecular weight is 331 g/mol. The van der Waals surface area contributed by atoms with Crippen molar-refractivity contribution >= 4 is 5.91 Å². The smallest absolute Gasteiger partial charge is 0.274 e. The number of carbonyl (C=O) groups excluding carboxylic acids is 1. The van der Waals surface area contributed by atoms with Crippen molar-refractivity contribution in [2.45, 2.75) is 83.8 Å². The third kappa shape index (κ3) is 3.70. The molecule has 5 nitrogen and oxygen atoms in total. The van der Waals surface area contributed by atoms with Gasteiger partial charge >= 0.3 is 0 Å². The molecule has 24 heavy (non-hydrogen) atoms. The van der Waals surface area contributed by atoms with Gasteiger partial charge in [-0.1, -0.05) is 20.3 Å². The molecule has 0 aromatic carbocycles. The van der Waals surface area contributed by atoms with E-state index in [0.29, 0.717) is 24.3 Å². The molecule has 0 atom stereocenters. The standard InChI is InChI=1S/C19H29N3O2/c1-3-13-21-18(23)12-11-17(20-21)19(24)22(16-9-10-16)15-7-5-14(4-2)6-8-15/h11-12,14-16H,3-10,13H2,1-2H3. The van der Waals surface area contributed by atoms with Crippen molar-refractivity contribution in [2.24, 2.45) is 5.92 Å². The van der Waals surface area contributed by atoms with Gasteiger partial charge in [0.25, 0.3) is 11.5 Å². The van der Waals surface area contributed by atoms with Crippen molar-refractivity contribution in [3.63, 3.8) is 0 Å². The van der Waals surface area contributed by atoms with Crippen molar-refractivity contribution in [3.05, 3.63) is 28.2 Å². The Kier molecular flexibility index (Phi) is 5.36. The fourth-order valence-electron chi connectivity index (χ4n) is 3.88. The highest BCUT2D eigenvalue weighted by atomic mass is 16.2. The molecule has 3 rings (SSSR count). The van der Waals surface area contributed by atoms with Crippen LogP contribution in [0.2, 0.25) is 0 Å². The topological polar surface area (TPSA) is 55.2 Å². The number of aryl methyl sites for hydroxylation is 1. The molecule has 2 aliphatic rings. The molecule has 0 spiro atoms. The summed E-state index contributed by atoms with van der Waals surface area (Å²) in [7, 11) is 0. The van der Waals surface area contributed by atoms with E-state index in [0.717, 1.165) is 38.0 Å². The Hall–Kier alpha value is -1.65. The van der Waals surface area contributed by atoms with Crippen LogP contribution in [0.5, 0.6) is 0 Å². The van der Waals surface area contributed by atoms with Crippen LogP contribution in [0.1, 0.15) is 75.7 Å². The number of amides is 1. The van der Waals surface area contributed by atoms with E-state index in [1.807, 2.05) is 6.92 Å². The van der Waals surface area contributed by atoms with Gasteiger partial charge in [0, 0.05) is 24.7 Å². The summed E-state index contributed by atoms with van der Waals surface area (Å²) in [6.45, 7) is 4.83. The van der Waals surface area contributed by atoms with Gasteiger partial charge in [-0.2, -0.15) is 5.10 Å². The first-order valence-corrected chi connectivity index (χ1v) is 9.54. The van der Waals surface area contributed by atoms with Crippen molar-refractivity contribution < 1.29 is 4.79 Å². The first-order chi connectivity index (χ1) is 11.6. The van der Waals surface area contributed by atoms with Crippen LogP contribution in [0.15, 0.2) is 16.9 Å². The van der Waals surface area contributed by atoms with Crippen molar-refractivity contribution in [1.82, 2.24) is 14.7 Å². The van der Waals surface area contributed by atoms with Crippen molar-refractivity contribution in [3.8, 4) is 0 Å². The van der Waals surface area contributed by atoms with Gasteiger partial charge in [0.15, 0.2) is 0 Å². The molecule has 0 radical (unpaired) electrons. The maximum absolute atomic E-state index is 13.1. The molecular formula is C19H29N3O2. The molecule has 1 aromatic heterocycles. The Balaban J connectivity index is 1.78. The van der Waals surface area contributed by atoms with E-state index < -0.39 is 0 Å². The van der Waals surface area contributed by atoms with Crippen molar-refractivity contribution in [1.29, 1.82) is 0 Å². The average Bonchev–Trinajstić information content (AvgIpc) is 3.42. The van der Waals surface area contributed by atoms with Crippen LogP contribution in [-0.2, 0) is 6.54 Å². The molecule has 0 saturated heterocycles. The molecule has 0 bridgehead atoms. The molecule has 5 heteroatoms. The Morgan fingerprint density at radius 3 is 2.29 bits per heavy atom. The molecular weight excluding hydrogens is 302 g/mol. The van der Waals surface area contributed by atoms with Crippen LogP contribution in [0.25, 0.3) is 0 Å². The van der Waals surface area contributed by atoms with E-state index in [-0.39, 0.29) is 11.5 Å². The zero-order valence-electron chi connectivity index (χ0n) is 14.9. The van der Waals surface area contributed by atoms with Gasteiger partial charge in [0.2, 0.25) is 0 Å². The summed E-state index contributed by atoms with van der Waals surface area (Å²) < 4.78 is 1.42. The van der Waals surface area contributed by atoms with Gasteiger partial charge in [0.05, 0.1) is 0 Å². The largest absolute Gasteiger partial charge is 0.331 e. The summed E-state index contributed by atoms with van der Waals surface area (Å²) in [4.78, 5) is 27.0. The second-order valence-corrected chi connectivity index (χ2v) is 7.31. The summed E-state index contributed by atoms with van der Waals surface area (Å²) in [6.07, 6.45) is 8.94. The highest BCUT2D eigenvalue weighted by molar-refractivity contribution is 5.92.